The number of hydrogen-bond donors (Lipinski definition) is 2. The molecule has 70 valence electrons. The zero-order valence-corrected chi connectivity index (χ0v) is 8.60. The van der Waals surface area contributed by atoms with E-state index in [2.05, 4.69) is 24.2 Å². The average molecular weight is 202 g/mol. The molecule has 1 rings (SSSR count). The molecule has 0 amide bonds. The summed E-state index contributed by atoms with van der Waals surface area (Å²) in [5, 5.41) is 3.21. The van der Waals surface area contributed by atoms with Gasteiger partial charge in [0.1, 0.15) is 0 Å². The van der Waals surface area contributed by atoms with E-state index < -0.39 is 0 Å². The van der Waals surface area contributed by atoms with Gasteiger partial charge in [-0.15, -0.1) is 24.8 Å². The molecule has 0 aromatic carbocycles. The molecule has 0 saturated carbocycles. The molecule has 0 aromatic heterocycles. The third kappa shape index (κ3) is 5.30. The monoisotopic (exact) mass is 201 g/mol. The van der Waals surface area contributed by atoms with E-state index in [0.29, 0.717) is 5.92 Å². The highest BCUT2D eigenvalue weighted by Crippen LogP contribution is 1.97. The molecule has 0 saturated heterocycles. The molecule has 0 fully saturated rings. The Morgan fingerprint density at radius 1 is 1.36 bits per heavy atom. The number of hydrogen-bond acceptors (Lipinski definition) is 3. The van der Waals surface area contributed by atoms with Crippen LogP contribution < -0.4 is 11.5 Å². The van der Waals surface area contributed by atoms with Crippen molar-refractivity contribution in [3.63, 3.8) is 0 Å². The minimum absolute atomic E-state index is 0. The number of rotatable bonds is 1. The molecule has 0 bridgehead atoms. The van der Waals surface area contributed by atoms with Crippen molar-refractivity contribution in [1.82, 2.24) is 11.5 Å². The van der Waals surface area contributed by atoms with Gasteiger partial charge in [0, 0.05) is 12.5 Å². The smallest absolute Gasteiger partial charge is 0.0990 e. The van der Waals surface area contributed by atoms with Gasteiger partial charge in [0.05, 0.1) is 12.4 Å². The lowest BCUT2D eigenvalue weighted by Gasteiger charge is -2.02. The maximum atomic E-state index is 4.24. The molecule has 0 spiro atoms. The number of halogens is 2. The summed E-state index contributed by atoms with van der Waals surface area (Å²) in [4.78, 5) is 4.24. The summed E-state index contributed by atoms with van der Waals surface area (Å²) in [6.07, 6.45) is 0. The number of nitrogens with zero attached hydrogens (tertiary/aromatic N) is 1. The highest BCUT2D eigenvalue weighted by molar-refractivity contribution is 5.86. The fourth-order valence-corrected chi connectivity index (χ4v) is 0.803. The SMILES string of the molecule is CC(C)C1=NCCN1.Cl.Cl.N. The van der Waals surface area contributed by atoms with E-state index in [4.69, 9.17) is 0 Å². The molecule has 0 radical (unpaired) electrons. The maximum Gasteiger partial charge on any atom is 0.0990 e. The lowest BCUT2D eigenvalue weighted by atomic mass is 10.2. The van der Waals surface area contributed by atoms with Gasteiger partial charge in [0.2, 0.25) is 0 Å². The molecule has 0 atom stereocenters. The normalized spacial score (nSPS) is 13.5. The van der Waals surface area contributed by atoms with E-state index >= 15 is 0 Å². The Kier molecular flexibility index (Phi) is 12.7. The minimum atomic E-state index is 0. The highest BCUT2D eigenvalue weighted by atomic mass is 35.5. The minimum Gasteiger partial charge on any atom is -0.372 e. The highest BCUT2D eigenvalue weighted by Gasteiger charge is 2.06. The van der Waals surface area contributed by atoms with Crippen LogP contribution in [0.5, 0.6) is 0 Å². The van der Waals surface area contributed by atoms with Gasteiger partial charge in [-0.25, -0.2) is 0 Å². The van der Waals surface area contributed by atoms with Crippen molar-refractivity contribution in [2.24, 2.45) is 10.9 Å². The summed E-state index contributed by atoms with van der Waals surface area (Å²) < 4.78 is 0. The topological polar surface area (TPSA) is 59.4 Å². The van der Waals surface area contributed by atoms with Crippen molar-refractivity contribution in [1.29, 1.82) is 0 Å². The first-order valence-corrected chi connectivity index (χ1v) is 3.09. The van der Waals surface area contributed by atoms with Crippen LogP contribution in [0.25, 0.3) is 0 Å². The van der Waals surface area contributed by atoms with Crippen LogP contribution in [0, 0.1) is 5.92 Å². The molecule has 0 aromatic rings. The van der Waals surface area contributed by atoms with E-state index in [9.17, 15) is 0 Å². The summed E-state index contributed by atoms with van der Waals surface area (Å²) in [5.74, 6) is 1.75. The number of nitrogens with one attached hydrogen (secondary N) is 1. The average Bonchev–Trinajstić information content (AvgIpc) is 2.12. The Hall–Kier alpha value is 0.01000. The van der Waals surface area contributed by atoms with Crippen molar-refractivity contribution in [3.05, 3.63) is 0 Å². The fraction of sp³-hybridized carbons (Fsp3) is 0.833. The molecule has 1 aliphatic rings. The second-order valence-corrected chi connectivity index (χ2v) is 2.35. The lowest BCUT2D eigenvalue weighted by molar-refractivity contribution is 0.838. The van der Waals surface area contributed by atoms with Crippen LogP contribution in [0.15, 0.2) is 4.99 Å². The van der Waals surface area contributed by atoms with Crippen molar-refractivity contribution in [2.45, 2.75) is 13.8 Å². The molecule has 5 heteroatoms. The molecule has 0 unspecified atom stereocenters. The second-order valence-electron chi connectivity index (χ2n) is 2.35. The first-order valence-electron chi connectivity index (χ1n) is 3.09. The number of aliphatic imine (C=N–C) groups is 1. The summed E-state index contributed by atoms with van der Waals surface area (Å²) in [5.41, 5.74) is 0. The Labute approximate surface area is 80.4 Å². The van der Waals surface area contributed by atoms with Gasteiger partial charge in [-0.1, -0.05) is 13.8 Å². The van der Waals surface area contributed by atoms with Gasteiger partial charge >= 0.3 is 0 Å². The Morgan fingerprint density at radius 2 is 1.91 bits per heavy atom. The van der Waals surface area contributed by atoms with Crippen LogP contribution in [-0.4, -0.2) is 18.9 Å². The predicted octanol–water partition coefficient (Wildman–Crippen LogP) is 1.65. The fourth-order valence-electron chi connectivity index (χ4n) is 0.803. The van der Waals surface area contributed by atoms with Gasteiger partial charge in [-0.2, -0.15) is 0 Å². The van der Waals surface area contributed by atoms with E-state index in [0.717, 1.165) is 13.1 Å². The Bertz CT molecular complexity index is 114. The summed E-state index contributed by atoms with van der Waals surface area (Å²) in [6, 6.07) is 0. The quantitative estimate of drug-likeness (QED) is 0.679. The standard InChI is InChI=1S/C6H12N2.2ClH.H3N/c1-5(2)6-7-3-4-8-6;;;/h5H,3-4H2,1-2H3,(H,7,8);2*1H;1H3. The van der Waals surface area contributed by atoms with Crippen LogP contribution in [0.2, 0.25) is 0 Å². The van der Waals surface area contributed by atoms with Gasteiger partial charge in [0.25, 0.3) is 0 Å². The Morgan fingerprint density at radius 3 is 2.09 bits per heavy atom. The van der Waals surface area contributed by atoms with Crippen LogP contribution >= 0.6 is 24.8 Å². The van der Waals surface area contributed by atoms with Crippen molar-refractivity contribution >= 4 is 30.6 Å². The van der Waals surface area contributed by atoms with Crippen molar-refractivity contribution in [2.75, 3.05) is 13.1 Å². The van der Waals surface area contributed by atoms with Crippen LogP contribution in [-0.2, 0) is 0 Å². The molecule has 1 heterocycles. The molecule has 1 aliphatic heterocycles. The van der Waals surface area contributed by atoms with Gasteiger partial charge in [-0.3, -0.25) is 4.99 Å². The Balaban J connectivity index is -0.000000213. The molecular formula is C6H17Cl2N3. The summed E-state index contributed by atoms with van der Waals surface area (Å²) in [7, 11) is 0. The number of amidine groups is 1. The zero-order chi connectivity index (χ0) is 5.98. The van der Waals surface area contributed by atoms with Crippen molar-refractivity contribution < 1.29 is 0 Å². The molecular weight excluding hydrogens is 185 g/mol. The van der Waals surface area contributed by atoms with Crippen LogP contribution in [0.3, 0.4) is 0 Å². The molecule has 11 heavy (non-hydrogen) atoms. The van der Waals surface area contributed by atoms with Gasteiger partial charge in [-0.05, 0) is 0 Å². The third-order valence-corrected chi connectivity index (χ3v) is 1.25. The van der Waals surface area contributed by atoms with Gasteiger partial charge < -0.3 is 11.5 Å². The van der Waals surface area contributed by atoms with Crippen molar-refractivity contribution in [3.8, 4) is 0 Å². The zero-order valence-electron chi connectivity index (χ0n) is 6.96. The second kappa shape index (κ2) is 8.11. The van der Waals surface area contributed by atoms with E-state index in [1.807, 2.05) is 0 Å². The van der Waals surface area contributed by atoms with E-state index in [1.54, 1.807) is 0 Å². The first-order chi connectivity index (χ1) is 3.80. The molecule has 4 N–H and O–H groups in total. The van der Waals surface area contributed by atoms with Crippen LogP contribution in [0.4, 0.5) is 0 Å². The van der Waals surface area contributed by atoms with E-state index in [-0.39, 0.29) is 31.0 Å². The molecule has 3 nitrogen and oxygen atoms in total. The van der Waals surface area contributed by atoms with Crippen LogP contribution in [0.1, 0.15) is 13.8 Å². The largest absolute Gasteiger partial charge is 0.372 e. The molecule has 0 aliphatic carbocycles. The third-order valence-electron chi connectivity index (χ3n) is 1.25. The first kappa shape index (κ1) is 17.2. The van der Waals surface area contributed by atoms with Gasteiger partial charge in [0.15, 0.2) is 0 Å². The summed E-state index contributed by atoms with van der Waals surface area (Å²) in [6.45, 7) is 6.30. The predicted molar refractivity (Wildman–Crippen MR) is 54.7 cm³/mol. The lowest BCUT2D eigenvalue weighted by Crippen LogP contribution is -2.23. The summed E-state index contributed by atoms with van der Waals surface area (Å²) >= 11 is 0. The van der Waals surface area contributed by atoms with E-state index in [1.165, 1.54) is 5.84 Å². The maximum absolute atomic E-state index is 4.24.